The van der Waals surface area contributed by atoms with Gasteiger partial charge in [-0.1, -0.05) is 11.6 Å². The second kappa shape index (κ2) is 4.75. The molecular formula is C12H9ClF2N2. The minimum absolute atomic E-state index is 0.246. The lowest BCUT2D eigenvalue weighted by Gasteiger charge is -2.03. The predicted octanol–water partition coefficient (Wildman–Crippen LogP) is 3.31. The van der Waals surface area contributed by atoms with Crippen molar-refractivity contribution in [3.8, 4) is 0 Å². The molecule has 5 heteroatoms. The minimum Gasteiger partial charge on any atom is -0.238 e. The largest absolute Gasteiger partial charge is 0.238 e. The summed E-state index contributed by atoms with van der Waals surface area (Å²) in [7, 11) is 0. The van der Waals surface area contributed by atoms with Crippen LogP contribution in [-0.2, 0) is 6.42 Å². The lowest BCUT2D eigenvalue weighted by atomic mass is 10.1. The molecule has 2 rings (SSSR count). The molecule has 0 radical (unpaired) electrons. The minimum atomic E-state index is -0.612. The molecule has 0 saturated carbocycles. The van der Waals surface area contributed by atoms with Gasteiger partial charge in [0.05, 0.1) is 0 Å². The molecule has 0 aliphatic heterocycles. The van der Waals surface area contributed by atoms with Crippen molar-refractivity contribution in [2.24, 2.45) is 0 Å². The Bertz CT molecular complexity index is 468. The van der Waals surface area contributed by atoms with E-state index in [1.807, 2.05) is 0 Å². The molecule has 1 heterocycles. The van der Waals surface area contributed by atoms with Crippen LogP contribution in [0.3, 0.4) is 0 Å². The highest BCUT2D eigenvalue weighted by Crippen LogP contribution is 2.13. The molecule has 0 unspecified atom stereocenters. The molecule has 1 aromatic heterocycles. The Morgan fingerprint density at radius 2 is 1.71 bits per heavy atom. The average Bonchev–Trinajstić information content (AvgIpc) is 2.13. The van der Waals surface area contributed by atoms with E-state index in [0.29, 0.717) is 16.5 Å². The van der Waals surface area contributed by atoms with Gasteiger partial charge in [-0.25, -0.2) is 18.7 Å². The molecule has 0 fully saturated rings. The van der Waals surface area contributed by atoms with E-state index in [4.69, 9.17) is 11.6 Å². The maximum atomic E-state index is 13.0. The second-order valence-corrected chi connectivity index (χ2v) is 4.09. The van der Waals surface area contributed by atoms with Crippen molar-refractivity contribution in [1.82, 2.24) is 9.97 Å². The van der Waals surface area contributed by atoms with Gasteiger partial charge in [0.2, 0.25) is 0 Å². The number of aryl methyl sites for hydroxylation is 1. The molecule has 0 bridgehead atoms. The number of nitrogens with zero attached hydrogens (tertiary/aromatic N) is 2. The molecule has 0 aliphatic carbocycles. The number of hydrogen-bond acceptors (Lipinski definition) is 2. The zero-order valence-corrected chi connectivity index (χ0v) is 9.80. The van der Waals surface area contributed by atoms with E-state index < -0.39 is 11.6 Å². The molecule has 0 spiro atoms. The summed E-state index contributed by atoms with van der Waals surface area (Å²) in [5.41, 5.74) is 1.20. The highest BCUT2D eigenvalue weighted by atomic mass is 35.5. The topological polar surface area (TPSA) is 25.8 Å². The van der Waals surface area contributed by atoms with Crippen LogP contribution in [0.25, 0.3) is 0 Å². The van der Waals surface area contributed by atoms with Crippen molar-refractivity contribution in [2.75, 3.05) is 0 Å². The number of rotatable bonds is 2. The Morgan fingerprint density at radius 3 is 2.29 bits per heavy atom. The van der Waals surface area contributed by atoms with Gasteiger partial charge >= 0.3 is 0 Å². The third kappa shape index (κ3) is 3.20. The first-order valence-electron chi connectivity index (χ1n) is 4.98. The molecule has 88 valence electrons. The predicted molar refractivity (Wildman–Crippen MR) is 60.9 cm³/mol. The molecule has 0 N–H and O–H groups in total. The van der Waals surface area contributed by atoms with Crippen LogP contribution in [0, 0.1) is 18.6 Å². The average molecular weight is 255 g/mol. The van der Waals surface area contributed by atoms with Crippen LogP contribution in [0.1, 0.15) is 17.1 Å². The molecule has 0 amide bonds. The van der Waals surface area contributed by atoms with Gasteiger partial charge in [-0.05, 0) is 30.7 Å². The van der Waals surface area contributed by atoms with E-state index in [9.17, 15) is 8.78 Å². The standard InChI is InChI=1S/C12H9ClF2N2/c1-7-2-11(13)17-12(16-7)5-8-3-9(14)6-10(15)4-8/h2-4,6H,5H2,1H3. The molecule has 0 saturated heterocycles. The van der Waals surface area contributed by atoms with E-state index in [-0.39, 0.29) is 6.42 Å². The fourth-order valence-electron chi connectivity index (χ4n) is 1.56. The maximum Gasteiger partial charge on any atom is 0.134 e. The number of benzene rings is 1. The Balaban J connectivity index is 2.31. The molecule has 1 aromatic carbocycles. The number of halogens is 3. The Kier molecular flexibility index (Phi) is 3.33. The van der Waals surface area contributed by atoms with Gasteiger partial charge in [0.1, 0.15) is 22.6 Å². The number of aromatic nitrogens is 2. The Morgan fingerprint density at radius 1 is 1.06 bits per heavy atom. The van der Waals surface area contributed by atoms with E-state index in [0.717, 1.165) is 11.8 Å². The summed E-state index contributed by atoms with van der Waals surface area (Å²) in [4.78, 5) is 8.15. The molecule has 0 atom stereocenters. The fraction of sp³-hybridized carbons (Fsp3) is 0.167. The quantitative estimate of drug-likeness (QED) is 0.769. The maximum absolute atomic E-state index is 13.0. The fourth-order valence-corrected chi connectivity index (χ4v) is 1.82. The molecular weight excluding hydrogens is 246 g/mol. The van der Waals surface area contributed by atoms with Gasteiger partial charge in [-0.15, -0.1) is 0 Å². The molecule has 2 nitrogen and oxygen atoms in total. The van der Waals surface area contributed by atoms with Gasteiger partial charge < -0.3 is 0 Å². The Hall–Kier alpha value is -1.55. The lowest BCUT2D eigenvalue weighted by Crippen LogP contribution is -1.99. The summed E-state index contributed by atoms with van der Waals surface area (Å²) in [5.74, 6) is -0.780. The van der Waals surface area contributed by atoms with Crippen LogP contribution in [0.15, 0.2) is 24.3 Å². The summed E-state index contributed by atoms with van der Waals surface area (Å²) in [6.07, 6.45) is 0.246. The number of hydrogen-bond donors (Lipinski definition) is 0. The van der Waals surface area contributed by atoms with Crippen LogP contribution in [-0.4, -0.2) is 9.97 Å². The van der Waals surface area contributed by atoms with Gasteiger partial charge in [0.15, 0.2) is 0 Å². The third-order valence-corrected chi connectivity index (χ3v) is 2.35. The monoisotopic (exact) mass is 254 g/mol. The van der Waals surface area contributed by atoms with Crippen molar-refractivity contribution in [1.29, 1.82) is 0 Å². The lowest BCUT2D eigenvalue weighted by molar-refractivity contribution is 0.580. The van der Waals surface area contributed by atoms with Crippen molar-refractivity contribution in [2.45, 2.75) is 13.3 Å². The molecule has 0 aliphatic rings. The van der Waals surface area contributed by atoms with Crippen LogP contribution in [0.4, 0.5) is 8.78 Å². The van der Waals surface area contributed by atoms with E-state index in [1.54, 1.807) is 13.0 Å². The Labute approximate surface area is 102 Å². The SMILES string of the molecule is Cc1cc(Cl)nc(Cc2cc(F)cc(F)c2)n1. The first-order valence-corrected chi connectivity index (χ1v) is 5.36. The first-order chi connectivity index (χ1) is 8.02. The first kappa shape index (κ1) is 11.9. The normalized spacial score (nSPS) is 10.6. The summed E-state index contributed by atoms with van der Waals surface area (Å²) in [5, 5.41) is 0.323. The highest BCUT2D eigenvalue weighted by molar-refractivity contribution is 6.29. The van der Waals surface area contributed by atoms with Gasteiger partial charge in [-0.2, -0.15) is 0 Å². The van der Waals surface area contributed by atoms with E-state index in [2.05, 4.69) is 9.97 Å². The van der Waals surface area contributed by atoms with Crippen LogP contribution >= 0.6 is 11.6 Å². The van der Waals surface area contributed by atoms with E-state index in [1.165, 1.54) is 12.1 Å². The summed E-state index contributed by atoms with van der Waals surface area (Å²) in [6.45, 7) is 1.78. The van der Waals surface area contributed by atoms with Crippen LogP contribution in [0.5, 0.6) is 0 Å². The summed E-state index contributed by atoms with van der Waals surface area (Å²) >= 11 is 5.78. The molecule has 2 aromatic rings. The second-order valence-electron chi connectivity index (χ2n) is 3.70. The van der Waals surface area contributed by atoms with Crippen molar-refractivity contribution < 1.29 is 8.78 Å². The van der Waals surface area contributed by atoms with Crippen molar-refractivity contribution >= 4 is 11.6 Å². The highest BCUT2D eigenvalue weighted by Gasteiger charge is 2.05. The van der Waals surface area contributed by atoms with E-state index >= 15 is 0 Å². The van der Waals surface area contributed by atoms with Gasteiger partial charge in [-0.3, -0.25) is 0 Å². The van der Waals surface area contributed by atoms with Gasteiger partial charge in [0.25, 0.3) is 0 Å². The smallest absolute Gasteiger partial charge is 0.134 e. The third-order valence-electron chi connectivity index (χ3n) is 2.15. The van der Waals surface area contributed by atoms with Gasteiger partial charge in [0, 0.05) is 18.2 Å². The van der Waals surface area contributed by atoms with Crippen LogP contribution in [0.2, 0.25) is 5.15 Å². The summed E-state index contributed by atoms with van der Waals surface area (Å²) in [6, 6.07) is 4.95. The molecule has 17 heavy (non-hydrogen) atoms. The zero-order chi connectivity index (χ0) is 12.4. The summed E-state index contributed by atoms with van der Waals surface area (Å²) < 4.78 is 26.0. The van der Waals surface area contributed by atoms with Crippen molar-refractivity contribution in [3.05, 3.63) is 58.1 Å². The van der Waals surface area contributed by atoms with Crippen LogP contribution < -0.4 is 0 Å². The zero-order valence-electron chi connectivity index (χ0n) is 9.04. The van der Waals surface area contributed by atoms with Crippen molar-refractivity contribution in [3.63, 3.8) is 0 Å².